The third kappa shape index (κ3) is 8.10. The van der Waals surface area contributed by atoms with Crippen molar-refractivity contribution in [1.82, 2.24) is 10.2 Å². The van der Waals surface area contributed by atoms with Crippen LogP contribution in [0.3, 0.4) is 0 Å². The summed E-state index contributed by atoms with van der Waals surface area (Å²) < 4.78 is 0. The van der Waals surface area contributed by atoms with Crippen LogP contribution in [0, 0.1) is 0 Å². The van der Waals surface area contributed by atoms with Crippen molar-refractivity contribution >= 4 is 58.4 Å². The molecule has 4 nitrogen and oxygen atoms in total. The summed E-state index contributed by atoms with van der Waals surface area (Å²) in [5.41, 5.74) is 1.85. The predicted octanol–water partition coefficient (Wildman–Crippen LogP) is 6.75. The van der Waals surface area contributed by atoms with E-state index >= 15 is 0 Å². The Labute approximate surface area is 215 Å². The number of halogens is 3. The van der Waals surface area contributed by atoms with Crippen LogP contribution in [-0.4, -0.2) is 34.6 Å². The van der Waals surface area contributed by atoms with Gasteiger partial charge in [0.2, 0.25) is 11.8 Å². The molecule has 1 fully saturated rings. The third-order valence-corrected chi connectivity index (χ3v) is 7.71. The molecule has 0 aromatic heterocycles. The van der Waals surface area contributed by atoms with E-state index in [0.717, 1.165) is 36.8 Å². The molecule has 1 atom stereocenters. The lowest BCUT2D eigenvalue weighted by atomic mass is 9.95. The lowest BCUT2D eigenvalue weighted by molar-refractivity contribution is -0.139. The van der Waals surface area contributed by atoms with Crippen molar-refractivity contribution in [3.8, 4) is 0 Å². The number of thioether (sulfide) groups is 1. The van der Waals surface area contributed by atoms with E-state index in [0.29, 0.717) is 20.8 Å². The van der Waals surface area contributed by atoms with Crippen LogP contribution in [0.4, 0.5) is 0 Å². The average Bonchev–Trinajstić information content (AvgIpc) is 2.80. The van der Waals surface area contributed by atoms with E-state index in [1.165, 1.54) is 18.2 Å². The van der Waals surface area contributed by atoms with Crippen molar-refractivity contribution < 1.29 is 9.59 Å². The summed E-state index contributed by atoms with van der Waals surface area (Å²) in [6, 6.07) is 12.4. The highest BCUT2D eigenvalue weighted by atomic mass is 35.5. The zero-order valence-corrected chi connectivity index (χ0v) is 21.7. The first-order valence-corrected chi connectivity index (χ1v) is 13.5. The van der Waals surface area contributed by atoms with E-state index in [-0.39, 0.29) is 30.2 Å². The standard InChI is InChI=1S/C25H29Cl3N2O2S/c1-17(25(32)29-22-5-3-2-4-6-22)30(14-19-9-12-21(27)13-23(19)28)24(31)16-33-15-18-7-10-20(26)11-8-18/h7-13,17,22H,2-6,14-16H2,1H3,(H,29,32)/t17-/m1/s1. The Hall–Kier alpha value is -1.40. The number of hydrogen-bond acceptors (Lipinski definition) is 3. The quantitative estimate of drug-likeness (QED) is 0.392. The Kier molecular flexibility index (Phi) is 10.2. The lowest BCUT2D eigenvalue weighted by Gasteiger charge is -2.31. The van der Waals surface area contributed by atoms with E-state index in [1.807, 2.05) is 24.3 Å². The van der Waals surface area contributed by atoms with Crippen molar-refractivity contribution in [3.05, 3.63) is 68.7 Å². The monoisotopic (exact) mass is 526 g/mol. The molecule has 0 bridgehead atoms. The fourth-order valence-electron chi connectivity index (χ4n) is 3.90. The van der Waals surface area contributed by atoms with Crippen LogP contribution in [0.25, 0.3) is 0 Å². The maximum atomic E-state index is 13.2. The summed E-state index contributed by atoms with van der Waals surface area (Å²) >= 11 is 19.9. The van der Waals surface area contributed by atoms with Gasteiger partial charge in [-0.2, -0.15) is 0 Å². The third-order valence-electron chi connectivity index (χ3n) is 5.88. The largest absolute Gasteiger partial charge is 0.352 e. The Morgan fingerprint density at radius 3 is 2.36 bits per heavy atom. The van der Waals surface area contributed by atoms with Gasteiger partial charge in [-0.3, -0.25) is 9.59 Å². The number of carbonyl (C=O) groups excluding carboxylic acids is 2. The fraction of sp³-hybridized carbons (Fsp3) is 0.440. The number of rotatable bonds is 9. The molecule has 178 valence electrons. The first-order valence-electron chi connectivity index (χ1n) is 11.2. The number of nitrogens with one attached hydrogen (secondary N) is 1. The highest BCUT2D eigenvalue weighted by Crippen LogP contribution is 2.24. The van der Waals surface area contributed by atoms with Gasteiger partial charge in [-0.25, -0.2) is 0 Å². The van der Waals surface area contributed by atoms with Gasteiger partial charge < -0.3 is 10.2 Å². The van der Waals surface area contributed by atoms with Crippen LogP contribution in [0.1, 0.15) is 50.2 Å². The summed E-state index contributed by atoms with van der Waals surface area (Å²) in [4.78, 5) is 27.9. The molecular formula is C25H29Cl3N2O2S. The van der Waals surface area contributed by atoms with Gasteiger partial charge in [0.15, 0.2) is 0 Å². The van der Waals surface area contributed by atoms with Gasteiger partial charge in [0.25, 0.3) is 0 Å². The topological polar surface area (TPSA) is 49.4 Å². The molecule has 0 radical (unpaired) electrons. The summed E-state index contributed by atoms with van der Waals surface area (Å²) in [6.45, 7) is 2.03. The van der Waals surface area contributed by atoms with Crippen LogP contribution in [0.2, 0.25) is 15.1 Å². The van der Waals surface area contributed by atoms with Crippen LogP contribution in [0.5, 0.6) is 0 Å². The summed E-state index contributed by atoms with van der Waals surface area (Å²) in [7, 11) is 0. The maximum absolute atomic E-state index is 13.2. The molecule has 2 amide bonds. The number of nitrogens with zero attached hydrogens (tertiary/aromatic N) is 1. The van der Waals surface area contributed by atoms with Gasteiger partial charge in [0.05, 0.1) is 5.75 Å². The molecule has 1 aliphatic carbocycles. The second-order valence-electron chi connectivity index (χ2n) is 8.40. The first-order chi connectivity index (χ1) is 15.8. The molecular weight excluding hydrogens is 499 g/mol. The maximum Gasteiger partial charge on any atom is 0.242 e. The molecule has 0 saturated heterocycles. The molecule has 0 heterocycles. The zero-order chi connectivity index (χ0) is 23.8. The minimum Gasteiger partial charge on any atom is -0.352 e. The fourth-order valence-corrected chi connectivity index (χ4v) is 5.37. The summed E-state index contributed by atoms with van der Waals surface area (Å²) in [6.07, 6.45) is 5.46. The molecule has 3 rings (SSSR count). The van der Waals surface area contributed by atoms with Crippen molar-refractivity contribution in [2.75, 3.05) is 5.75 Å². The van der Waals surface area contributed by atoms with Crippen LogP contribution < -0.4 is 5.32 Å². The molecule has 1 aliphatic rings. The van der Waals surface area contributed by atoms with E-state index < -0.39 is 6.04 Å². The van der Waals surface area contributed by atoms with Gasteiger partial charge in [0, 0.05) is 33.4 Å². The van der Waals surface area contributed by atoms with Crippen LogP contribution >= 0.6 is 46.6 Å². The number of hydrogen-bond donors (Lipinski definition) is 1. The van der Waals surface area contributed by atoms with E-state index in [1.54, 1.807) is 30.0 Å². The molecule has 0 unspecified atom stereocenters. The lowest BCUT2D eigenvalue weighted by Crippen LogP contribution is -2.50. The first kappa shape index (κ1) is 26.2. The number of carbonyl (C=O) groups is 2. The van der Waals surface area contributed by atoms with E-state index in [4.69, 9.17) is 34.8 Å². The minimum atomic E-state index is -0.609. The van der Waals surface area contributed by atoms with Crippen molar-refractivity contribution in [1.29, 1.82) is 0 Å². The zero-order valence-electron chi connectivity index (χ0n) is 18.7. The SMILES string of the molecule is C[C@H](C(=O)NC1CCCCC1)N(Cc1ccc(Cl)cc1Cl)C(=O)CSCc1ccc(Cl)cc1. The smallest absolute Gasteiger partial charge is 0.242 e. The van der Waals surface area contributed by atoms with Crippen molar-refractivity contribution in [3.63, 3.8) is 0 Å². The van der Waals surface area contributed by atoms with Crippen molar-refractivity contribution in [2.24, 2.45) is 0 Å². The molecule has 1 N–H and O–H groups in total. The number of benzene rings is 2. The molecule has 2 aromatic rings. The second-order valence-corrected chi connectivity index (χ2v) is 10.7. The van der Waals surface area contributed by atoms with Gasteiger partial charge in [-0.05, 0) is 55.2 Å². The van der Waals surface area contributed by atoms with Crippen LogP contribution in [0.15, 0.2) is 42.5 Å². The van der Waals surface area contributed by atoms with Gasteiger partial charge in [-0.1, -0.05) is 72.3 Å². The summed E-state index contributed by atoms with van der Waals surface area (Å²) in [5.74, 6) is 0.713. The normalized spacial score (nSPS) is 15.2. The minimum absolute atomic E-state index is 0.105. The number of amides is 2. The van der Waals surface area contributed by atoms with Crippen LogP contribution in [-0.2, 0) is 21.9 Å². The Balaban J connectivity index is 1.68. The molecule has 8 heteroatoms. The van der Waals surface area contributed by atoms with Gasteiger partial charge in [0.1, 0.15) is 6.04 Å². The Bertz CT molecular complexity index is 949. The predicted molar refractivity (Wildman–Crippen MR) is 139 cm³/mol. The molecule has 0 aliphatic heterocycles. The molecule has 2 aromatic carbocycles. The second kappa shape index (κ2) is 12.9. The van der Waals surface area contributed by atoms with E-state index in [2.05, 4.69) is 5.32 Å². The Morgan fingerprint density at radius 2 is 1.70 bits per heavy atom. The van der Waals surface area contributed by atoms with Gasteiger partial charge >= 0.3 is 0 Å². The van der Waals surface area contributed by atoms with Gasteiger partial charge in [-0.15, -0.1) is 11.8 Å². The molecule has 0 spiro atoms. The Morgan fingerprint density at radius 1 is 1.03 bits per heavy atom. The molecule has 33 heavy (non-hydrogen) atoms. The highest BCUT2D eigenvalue weighted by molar-refractivity contribution is 7.99. The van der Waals surface area contributed by atoms with E-state index in [9.17, 15) is 9.59 Å². The summed E-state index contributed by atoms with van der Waals surface area (Å²) in [5, 5.41) is 4.84. The highest BCUT2D eigenvalue weighted by Gasteiger charge is 2.28. The average molecular weight is 528 g/mol. The van der Waals surface area contributed by atoms with Crippen molar-refractivity contribution in [2.45, 2.75) is 63.4 Å². The molecule has 1 saturated carbocycles.